The van der Waals surface area contributed by atoms with Crippen molar-refractivity contribution in [1.82, 2.24) is 0 Å². The third-order valence-electron chi connectivity index (χ3n) is 1.31. The van der Waals surface area contributed by atoms with E-state index in [-0.39, 0.29) is 0 Å². The second-order valence-corrected chi connectivity index (χ2v) is 3.81. The Morgan fingerprint density at radius 3 is 2.42 bits per heavy atom. The second-order valence-electron chi connectivity index (χ2n) is 2.50. The topological polar surface area (TPSA) is 23.9 Å². The van der Waals surface area contributed by atoms with Gasteiger partial charge in [-0.3, -0.25) is 5.41 Å². The van der Waals surface area contributed by atoms with Gasteiger partial charge in [0.05, 0.1) is 5.04 Å². The molecule has 1 nitrogen and oxygen atoms in total. The zero-order chi connectivity index (χ0) is 8.97. The Kier molecular flexibility index (Phi) is 3.11. The predicted octanol–water partition coefficient (Wildman–Crippen LogP) is 3.28. The van der Waals surface area contributed by atoms with Crippen LogP contribution in [-0.4, -0.2) is 5.04 Å². The molecule has 12 heavy (non-hydrogen) atoms. The zero-order valence-electron chi connectivity index (χ0n) is 7.00. The first-order chi connectivity index (χ1) is 5.70. The SMILES string of the molecule is C=C(C)SC(=N)c1ccccc1. The normalized spacial score (nSPS) is 9.42. The van der Waals surface area contributed by atoms with E-state index >= 15 is 0 Å². The molecular formula is C10H11NS. The van der Waals surface area contributed by atoms with Gasteiger partial charge in [0.15, 0.2) is 0 Å². The summed E-state index contributed by atoms with van der Waals surface area (Å²) in [5, 5.41) is 8.22. The summed E-state index contributed by atoms with van der Waals surface area (Å²) in [4.78, 5) is 0.948. The maximum Gasteiger partial charge on any atom is 0.0987 e. The fraction of sp³-hybridized carbons (Fsp3) is 0.100. The standard InChI is InChI=1S/C10H11NS/c1-8(2)12-10(11)9-6-4-3-5-7-9/h3-7,11H,1H2,2H3. The Labute approximate surface area is 77.0 Å². The fourth-order valence-corrected chi connectivity index (χ4v) is 1.43. The number of nitrogens with one attached hydrogen (secondary N) is 1. The number of rotatable bonds is 2. The third kappa shape index (κ3) is 2.55. The number of thioether (sulfide) groups is 1. The van der Waals surface area contributed by atoms with Gasteiger partial charge in [0.2, 0.25) is 0 Å². The van der Waals surface area contributed by atoms with Gasteiger partial charge in [-0.25, -0.2) is 0 Å². The van der Waals surface area contributed by atoms with E-state index in [1.54, 1.807) is 0 Å². The molecule has 0 aliphatic rings. The largest absolute Gasteiger partial charge is 0.293 e. The van der Waals surface area contributed by atoms with Crippen LogP contribution in [0, 0.1) is 5.41 Å². The quantitative estimate of drug-likeness (QED) is 0.544. The summed E-state index contributed by atoms with van der Waals surface area (Å²) in [6.07, 6.45) is 0. The zero-order valence-corrected chi connectivity index (χ0v) is 7.82. The van der Waals surface area contributed by atoms with Crippen LogP contribution in [0.1, 0.15) is 12.5 Å². The molecular weight excluding hydrogens is 166 g/mol. The highest BCUT2D eigenvalue weighted by Crippen LogP contribution is 2.18. The van der Waals surface area contributed by atoms with Crippen LogP contribution < -0.4 is 0 Å². The molecule has 0 aliphatic heterocycles. The second kappa shape index (κ2) is 4.12. The molecule has 0 unspecified atom stereocenters. The summed E-state index contributed by atoms with van der Waals surface area (Å²) in [5.41, 5.74) is 0.950. The number of benzene rings is 1. The van der Waals surface area contributed by atoms with E-state index in [2.05, 4.69) is 6.58 Å². The van der Waals surface area contributed by atoms with Crippen molar-refractivity contribution in [3.05, 3.63) is 47.4 Å². The summed E-state index contributed by atoms with van der Waals surface area (Å²) >= 11 is 1.40. The molecule has 1 aromatic rings. The van der Waals surface area contributed by atoms with Crippen LogP contribution in [0.4, 0.5) is 0 Å². The van der Waals surface area contributed by atoms with E-state index in [0.29, 0.717) is 5.04 Å². The molecule has 0 atom stereocenters. The molecule has 0 amide bonds. The van der Waals surface area contributed by atoms with E-state index in [1.807, 2.05) is 37.3 Å². The average Bonchev–Trinajstić information content (AvgIpc) is 2.05. The molecule has 0 saturated heterocycles. The summed E-state index contributed by atoms with van der Waals surface area (Å²) in [7, 11) is 0. The lowest BCUT2D eigenvalue weighted by atomic mass is 10.2. The molecule has 62 valence electrons. The minimum absolute atomic E-state index is 0.558. The van der Waals surface area contributed by atoms with E-state index in [9.17, 15) is 0 Å². The van der Waals surface area contributed by atoms with Crippen LogP contribution in [0.3, 0.4) is 0 Å². The first-order valence-electron chi connectivity index (χ1n) is 3.67. The Bertz CT molecular complexity index is 290. The highest BCUT2D eigenvalue weighted by molar-refractivity contribution is 8.17. The van der Waals surface area contributed by atoms with Gasteiger partial charge in [-0.2, -0.15) is 0 Å². The van der Waals surface area contributed by atoms with E-state index < -0.39 is 0 Å². The van der Waals surface area contributed by atoms with Gasteiger partial charge in [-0.15, -0.1) is 0 Å². The molecule has 0 aliphatic carbocycles. The molecule has 0 fully saturated rings. The Morgan fingerprint density at radius 1 is 1.33 bits per heavy atom. The van der Waals surface area contributed by atoms with Crippen LogP contribution in [0.2, 0.25) is 0 Å². The van der Waals surface area contributed by atoms with Gasteiger partial charge >= 0.3 is 0 Å². The molecule has 0 saturated carbocycles. The van der Waals surface area contributed by atoms with Gasteiger partial charge in [-0.05, 0) is 11.8 Å². The molecule has 2 heteroatoms. The maximum atomic E-state index is 7.66. The van der Waals surface area contributed by atoms with Crippen molar-refractivity contribution < 1.29 is 0 Å². The Balaban J connectivity index is 2.73. The molecule has 0 aromatic heterocycles. The van der Waals surface area contributed by atoms with Gasteiger partial charge in [0.1, 0.15) is 0 Å². The lowest BCUT2D eigenvalue weighted by molar-refractivity contribution is 1.52. The molecule has 1 rings (SSSR count). The summed E-state index contributed by atoms with van der Waals surface area (Å²) < 4.78 is 0. The molecule has 1 aromatic carbocycles. The van der Waals surface area contributed by atoms with Crippen LogP contribution >= 0.6 is 11.8 Å². The molecule has 0 radical (unpaired) electrons. The molecule has 0 heterocycles. The van der Waals surface area contributed by atoms with Gasteiger partial charge in [0.25, 0.3) is 0 Å². The van der Waals surface area contributed by atoms with Crippen molar-refractivity contribution in [3.8, 4) is 0 Å². The van der Waals surface area contributed by atoms with Crippen LogP contribution in [0.5, 0.6) is 0 Å². The van der Waals surface area contributed by atoms with Crippen molar-refractivity contribution in [2.24, 2.45) is 0 Å². The van der Waals surface area contributed by atoms with Crippen LogP contribution in [0.25, 0.3) is 0 Å². The minimum Gasteiger partial charge on any atom is -0.293 e. The van der Waals surface area contributed by atoms with Crippen molar-refractivity contribution in [3.63, 3.8) is 0 Å². The number of hydrogen-bond acceptors (Lipinski definition) is 2. The van der Waals surface area contributed by atoms with E-state index in [0.717, 1.165) is 10.5 Å². The van der Waals surface area contributed by atoms with E-state index in [1.165, 1.54) is 11.8 Å². The number of hydrogen-bond donors (Lipinski definition) is 1. The van der Waals surface area contributed by atoms with Crippen LogP contribution in [0.15, 0.2) is 41.8 Å². The average molecular weight is 177 g/mol. The predicted molar refractivity (Wildman–Crippen MR) is 55.7 cm³/mol. The molecule has 0 spiro atoms. The van der Waals surface area contributed by atoms with Crippen molar-refractivity contribution in [1.29, 1.82) is 5.41 Å². The highest BCUT2D eigenvalue weighted by Gasteiger charge is 1.99. The summed E-state index contributed by atoms with van der Waals surface area (Å²) in [5.74, 6) is 0. The monoisotopic (exact) mass is 177 g/mol. The van der Waals surface area contributed by atoms with Crippen molar-refractivity contribution in [2.45, 2.75) is 6.92 Å². The molecule has 0 bridgehead atoms. The lowest BCUT2D eigenvalue weighted by Crippen LogP contribution is -1.91. The van der Waals surface area contributed by atoms with Gasteiger partial charge in [0, 0.05) is 5.56 Å². The summed E-state index contributed by atoms with van der Waals surface area (Å²) in [6, 6.07) is 9.67. The molecule has 1 N–H and O–H groups in total. The van der Waals surface area contributed by atoms with Gasteiger partial charge < -0.3 is 0 Å². The number of allylic oxidation sites excluding steroid dienone is 1. The fourth-order valence-electron chi connectivity index (χ4n) is 0.823. The first kappa shape index (κ1) is 9.07. The smallest absolute Gasteiger partial charge is 0.0987 e. The van der Waals surface area contributed by atoms with Crippen molar-refractivity contribution in [2.75, 3.05) is 0 Å². The lowest BCUT2D eigenvalue weighted by Gasteiger charge is -2.01. The van der Waals surface area contributed by atoms with Crippen molar-refractivity contribution >= 4 is 16.8 Å². The highest BCUT2D eigenvalue weighted by atomic mass is 32.2. The van der Waals surface area contributed by atoms with Gasteiger partial charge in [-0.1, -0.05) is 48.7 Å². The Morgan fingerprint density at radius 2 is 1.92 bits per heavy atom. The van der Waals surface area contributed by atoms with Crippen LogP contribution in [-0.2, 0) is 0 Å². The van der Waals surface area contributed by atoms with E-state index in [4.69, 9.17) is 5.41 Å². The Hall–Kier alpha value is -1.02. The first-order valence-corrected chi connectivity index (χ1v) is 4.49. The minimum atomic E-state index is 0.558. The summed E-state index contributed by atoms with van der Waals surface area (Å²) in [6.45, 7) is 5.65. The third-order valence-corrected chi connectivity index (χ3v) is 2.10. The maximum absolute atomic E-state index is 7.66.